The van der Waals surface area contributed by atoms with Gasteiger partial charge in [-0.3, -0.25) is 0 Å². The lowest BCUT2D eigenvalue weighted by molar-refractivity contribution is 0.297. The van der Waals surface area contributed by atoms with Crippen LogP contribution in [-0.4, -0.2) is 31.4 Å². The van der Waals surface area contributed by atoms with Gasteiger partial charge in [0, 0.05) is 24.3 Å². The number of nitrogens with zero attached hydrogens (tertiary/aromatic N) is 1. The second kappa shape index (κ2) is 5.96. The number of nitrogen functional groups attached to an aromatic ring is 1. The number of hydrogen-bond donors (Lipinski definition) is 2. The van der Waals surface area contributed by atoms with Crippen molar-refractivity contribution in [2.45, 2.75) is 31.7 Å². The molecule has 1 aliphatic rings. The van der Waals surface area contributed by atoms with E-state index in [1.54, 1.807) is 7.11 Å². The lowest BCUT2D eigenvalue weighted by Gasteiger charge is -2.31. The summed E-state index contributed by atoms with van der Waals surface area (Å²) in [6.45, 7) is 0.834. The van der Waals surface area contributed by atoms with Crippen LogP contribution in [0.4, 0.5) is 11.4 Å². The Morgan fingerprint density at radius 2 is 2.11 bits per heavy atom. The Bertz CT molecular complexity index is 389. The highest BCUT2D eigenvalue weighted by atomic mass is 16.5. The molecule has 1 fully saturated rings. The van der Waals surface area contributed by atoms with E-state index in [2.05, 4.69) is 4.90 Å². The van der Waals surface area contributed by atoms with Gasteiger partial charge in [-0.1, -0.05) is 12.8 Å². The summed E-state index contributed by atoms with van der Waals surface area (Å²) in [6.07, 6.45) is 4.96. The van der Waals surface area contributed by atoms with Gasteiger partial charge in [0.05, 0.1) is 19.4 Å². The number of hydrogen-bond acceptors (Lipinski definition) is 4. The lowest BCUT2D eigenvalue weighted by atomic mass is 10.1. The Kier molecular flexibility index (Phi) is 4.31. The van der Waals surface area contributed by atoms with Crippen LogP contribution in [0.25, 0.3) is 0 Å². The van der Waals surface area contributed by atoms with E-state index in [4.69, 9.17) is 10.5 Å². The maximum Gasteiger partial charge on any atom is 0.143 e. The van der Waals surface area contributed by atoms with Gasteiger partial charge in [-0.15, -0.1) is 0 Å². The van der Waals surface area contributed by atoms with Crippen molar-refractivity contribution >= 4 is 11.4 Å². The van der Waals surface area contributed by atoms with E-state index in [0.717, 1.165) is 5.69 Å². The molecule has 0 aromatic heterocycles. The maximum absolute atomic E-state index is 9.24. The molecule has 1 saturated carbocycles. The number of methoxy groups -OCH3 is 1. The molecule has 4 nitrogen and oxygen atoms in total. The first-order valence-electron chi connectivity index (χ1n) is 6.57. The summed E-state index contributed by atoms with van der Waals surface area (Å²) in [5, 5.41) is 9.24. The molecule has 1 aromatic carbocycles. The lowest BCUT2D eigenvalue weighted by Crippen LogP contribution is -2.35. The van der Waals surface area contributed by atoms with Gasteiger partial charge in [-0.2, -0.15) is 0 Å². The third-order valence-electron chi connectivity index (χ3n) is 3.66. The second-order valence-corrected chi connectivity index (χ2v) is 4.78. The summed E-state index contributed by atoms with van der Waals surface area (Å²) in [5.74, 6) is 0.702. The van der Waals surface area contributed by atoms with Crippen molar-refractivity contribution in [1.82, 2.24) is 0 Å². The van der Waals surface area contributed by atoms with Gasteiger partial charge in [0.25, 0.3) is 0 Å². The van der Waals surface area contributed by atoms with Crippen molar-refractivity contribution in [3.63, 3.8) is 0 Å². The number of nitrogens with two attached hydrogens (primary N) is 1. The number of rotatable bonds is 5. The molecule has 0 atom stereocenters. The first kappa shape index (κ1) is 13.0. The van der Waals surface area contributed by atoms with Crippen molar-refractivity contribution in [3.05, 3.63) is 18.2 Å². The minimum atomic E-state index is 0.170. The number of aliphatic hydroxyl groups excluding tert-OH is 1. The zero-order valence-corrected chi connectivity index (χ0v) is 10.9. The van der Waals surface area contributed by atoms with Crippen molar-refractivity contribution in [2.75, 3.05) is 30.9 Å². The Morgan fingerprint density at radius 1 is 1.39 bits per heavy atom. The predicted octanol–water partition coefficient (Wildman–Crippen LogP) is 2.02. The standard InChI is InChI=1S/C14H22N2O2/c1-18-14-10-12(6-7-13(14)15)16(8-9-17)11-4-2-3-5-11/h6-7,10-11,17H,2-5,8-9,15H2,1H3. The van der Waals surface area contributed by atoms with Gasteiger partial charge in [0.1, 0.15) is 5.75 Å². The average Bonchev–Trinajstić information content (AvgIpc) is 2.90. The number of anilines is 2. The van der Waals surface area contributed by atoms with Crippen LogP contribution < -0.4 is 15.4 Å². The summed E-state index contributed by atoms with van der Waals surface area (Å²) in [6, 6.07) is 6.37. The van der Waals surface area contributed by atoms with Crippen LogP contribution in [0.2, 0.25) is 0 Å². The van der Waals surface area contributed by atoms with E-state index < -0.39 is 0 Å². The minimum Gasteiger partial charge on any atom is -0.495 e. The van der Waals surface area contributed by atoms with E-state index in [0.29, 0.717) is 24.0 Å². The quantitative estimate of drug-likeness (QED) is 0.785. The first-order valence-corrected chi connectivity index (χ1v) is 6.57. The van der Waals surface area contributed by atoms with Crippen LogP contribution >= 0.6 is 0 Å². The average molecular weight is 250 g/mol. The van der Waals surface area contributed by atoms with Crippen LogP contribution in [0.5, 0.6) is 5.75 Å². The molecule has 0 bridgehead atoms. The summed E-state index contributed by atoms with van der Waals surface area (Å²) in [4.78, 5) is 2.27. The Balaban J connectivity index is 2.23. The topological polar surface area (TPSA) is 58.7 Å². The van der Waals surface area contributed by atoms with Crippen molar-refractivity contribution in [3.8, 4) is 5.75 Å². The SMILES string of the molecule is COc1cc(N(CCO)C2CCCC2)ccc1N. The monoisotopic (exact) mass is 250 g/mol. The van der Waals surface area contributed by atoms with Gasteiger partial charge in [-0.25, -0.2) is 0 Å². The number of benzene rings is 1. The third-order valence-corrected chi connectivity index (χ3v) is 3.66. The van der Waals surface area contributed by atoms with Gasteiger partial charge >= 0.3 is 0 Å². The van der Waals surface area contributed by atoms with Crippen molar-refractivity contribution in [1.29, 1.82) is 0 Å². The normalized spacial score (nSPS) is 15.9. The van der Waals surface area contributed by atoms with Gasteiger partial charge < -0.3 is 20.5 Å². The molecule has 0 saturated heterocycles. The molecule has 0 aliphatic heterocycles. The molecule has 1 aliphatic carbocycles. The Morgan fingerprint density at radius 3 is 2.72 bits per heavy atom. The largest absolute Gasteiger partial charge is 0.495 e. The highest BCUT2D eigenvalue weighted by Crippen LogP contribution is 2.32. The Labute approximate surface area is 108 Å². The van der Waals surface area contributed by atoms with E-state index in [-0.39, 0.29) is 6.61 Å². The fourth-order valence-electron chi connectivity index (χ4n) is 2.72. The van der Waals surface area contributed by atoms with Gasteiger partial charge in [-0.05, 0) is 25.0 Å². The zero-order chi connectivity index (χ0) is 13.0. The molecule has 0 amide bonds. The first-order chi connectivity index (χ1) is 8.76. The number of aliphatic hydroxyl groups is 1. The fourth-order valence-corrected chi connectivity index (χ4v) is 2.72. The summed E-state index contributed by atoms with van der Waals surface area (Å²) in [5.41, 5.74) is 7.57. The third kappa shape index (κ3) is 2.70. The fraction of sp³-hybridized carbons (Fsp3) is 0.571. The van der Waals surface area contributed by atoms with Gasteiger partial charge in [0.2, 0.25) is 0 Å². The highest BCUT2D eigenvalue weighted by molar-refractivity contribution is 5.62. The van der Waals surface area contributed by atoms with Crippen LogP contribution in [0.1, 0.15) is 25.7 Å². The van der Waals surface area contributed by atoms with Crippen LogP contribution in [0.15, 0.2) is 18.2 Å². The highest BCUT2D eigenvalue weighted by Gasteiger charge is 2.23. The molecule has 2 rings (SSSR count). The smallest absolute Gasteiger partial charge is 0.143 e. The van der Waals surface area contributed by atoms with Crippen LogP contribution in [0, 0.1) is 0 Å². The zero-order valence-electron chi connectivity index (χ0n) is 10.9. The molecule has 100 valence electrons. The summed E-state index contributed by atoms with van der Waals surface area (Å²) >= 11 is 0. The summed E-state index contributed by atoms with van der Waals surface area (Å²) in [7, 11) is 1.63. The molecule has 0 spiro atoms. The molecule has 0 heterocycles. The molecule has 0 unspecified atom stereocenters. The molecule has 1 aromatic rings. The van der Waals surface area contributed by atoms with E-state index in [9.17, 15) is 5.11 Å². The van der Waals surface area contributed by atoms with Gasteiger partial charge in [0.15, 0.2) is 0 Å². The second-order valence-electron chi connectivity index (χ2n) is 4.78. The molecule has 0 radical (unpaired) electrons. The Hall–Kier alpha value is -1.42. The summed E-state index contributed by atoms with van der Waals surface area (Å²) < 4.78 is 5.26. The number of ether oxygens (including phenoxy) is 1. The van der Waals surface area contributed by atoms with Crippen molar-refractivity contribution < 1.29 is 9.84 Å². The molecular weight excluding hydrogens is 228 g/mol. The maximum atomic E-state index is 9.24. The van der Waals surface area contributed by atoms with Crippen LogP contribution in [0.3, 0.4) is 0 Å². The van der Waals surface area contributed by atoms with Crippen LogP contribution in [-0.2, 0) is 0 Å². The molecular formula is C14H22N2O2. The van der Waals surface area contributed by atoms with E-state index >= 15 is 0 Å². The predicted molar refractivity (Wildman–Crippen MR) is 74.1 cm³/mol. The van der Waals surface area contributed by atoms with E-state index in [1.807, 2.05) is 18.2 Å². The molecule has 18 heavy (non-hydrogen) atoms. The van der Waals surface area contributed by atoms with Crippen molar-refractivity contribution in [2.24, 2.45) is 0 Å². The molecule has 4 heteroatoms. The minimum absolute atomic E-state index is 0.170. The molecule has 3 N–H and O–H groups in total. The van der Waals surface area contributed by atoms with E-state index in [1.165, 1.54) is 25.7 Å².